The van der Waals surface area contributed by atoms with Crippen LogP contribution in [-0.2, 0) is 9.53 Å². The van der Waals surface area contributed by atoms with E-state index in [0.29, 0.717) is 4.08 Å². The highest BCUT2D eigenvalue weighted by Gasteiger charge is 2.45. The number of carbonyl (C=O) groups is 1. The van der Waals surface area contributed by atoms with Crippen LogP contribution in [0.4, 0.5) is 0 Å². The molecule has 0 N–H and O–H groups in total. The van der Waals surface area contributed by atoms with E-state index < -0.39 is 0 Å². The van der Waals surface area contributed by atoms with Crippen molar-refractivity contribution in [2.75, 3.05) is 18.6 Å². The summed E-state index contributed by atoms with van der Waals surface area (Å²) in [5.74, 6) is 2.66. The molecule has 0 radical (unpaired) electrons. The quantitative estimate of drug-likeness (QED) is 0.630. The van der Waals surface area contributed by atoms with E-state index in [1.54, 1.807) is 0 Å². The van der Waals surface area contributed by atoms with Crippen LogP contribution >= 0.6 is 23.5 Å². The molecule has 1 spiro atoms. The molecule has 2 aliphatic rings. The predicted molar refractivity (Wildman–Crippen MR) is 57.0 cm³/mol. The minimum Gasteiger partial charge on any atom is -0.469 e. The predicted octanol–water partition coefficient (Wildman–Crippen LogP) is 2.14. The smallest absolute Gasteiger partial charge is 0.308 e. The van der Waals surface area contributed by atoms with Crippen LogP contribution in [0, 0.1) is 5.92 Å². The molecule has 0 aromatic heterocycles. The number of esters is 1. The second-order valence-electron chi connectivity index (χ2n) is 3.57. The van der Waals surface area contributed by atoms with Gasteiger partial charge >= 0.3 is 5.97 Å². The first-order chi connectivity index (χ1) is 6.26. The third-order valence-electron chi connectivity index (χ3n) is 2.78. The number of rotatable bonds is 1. The molecule has 1 saturated heterocycles. The summed E-state index contributed by atoms with van der Waals surface area (Å²) < 4.78 is 5.15. The maximum absolute atomic E-state index is 11.3. The van der Waals surface area contributed by atoms with E-state index in [0.717, 1.165) is 12.8 Å². The fourth-order valence-electron chi connectivity index (χ4n) is 2.10. The molecular formula is C9H14O2S2. The van der Waals surface area contributed by atoms with Crippen molar-refractivity contribution in [2.24, 2.45) is 5.92 Å². The molecule has 1 aliphatic heterocycles. The van der Waals surface area contributed by atoms with Crippen molar-refractivity contribution >= 4 is 29.5 Å². The molecular weight excluding hydrogens is 204 g/mol. The Morgan fingerprint density at radius 3 is 2.77 bits per heavy atom. The summed E-state index contributed by atoms with van der Waals surface area (Å²) in [6.07, 6.45) is 3.23. The second-order valence-corrected chi connectivity index (χ2v) is 6.79. The molecule has 4 heteroatoms. The first-order valence-electron chi connectivity index (χ1n) is 4.61. The van der Waals surface area contributed by atoms with Gasteiger partial charge in [-0.25, -0.2) is 0 Å². The van der Waals surface area contributed by atoms with E-state index >= 15 is 0 Å². The highest BCUT2D eigenvalue weighted by Crippen LogP contribution is 2.56. The van der Waals surface area contributed by atoms with Gasteiger partial charge in [-0.15, -0.1) is 23.5 Å². The lowest BCUT2D eigenvalue weighted by molar-refractivity contribution is -0.145. The van der Waals surface area contributed by atoms with Crippen molar-refractivity contribution in [3.05, 3.63) is 0 Å². The van der Waals surface area contributed by atoms with Crippen molar-refractivity contribution in [1.29, 1.82) is 0 Å². The van der Waals surface area contributed by atoms with Gasteiger partial charge in [-0.1, -0.05) is 0 Å². The summed E-state index contributed by atoms with van der Waals surface area (Å²) in [5, 5.41) is 0. The van der Waals surface area contributed by atoms with Crippen LogP contribution in [0.1, 0.15) is 19.3 Å². The van der Waals surface area contributed by atoms with Gasteiger partial charge in [0.05, 0.1) is 17.1 Å². The summed E-state index contributed by atoms with van der Waals surface area (Å²) in [5.41, 5.74) is 0. The molecule has 1 heterocycles. The minimum atomic E-state index is -0.00928. The van der Waals surface area contributed by atoms with Gasteiger partial charge in [-0.05, 0) is 19.3 Å². The van der Waals surface area contributed by atoms with E-state index in [4.69, 9.17) is 4.74 Å². The zero-order valence-corrected chi connectivity index (χ0v) is 9.38. The number of hydrogen-bond donors (Lipinski definition) is 0. The highest BCUT2D eigenvalue weighted by molar-refractivity contribution is 8.21. The summed E-state index contributed by atoms with van der Waals surface area (Å²) in [6, 6.07) is 0. The summed E-state index contributed by atoms with van der Waals surface area (Å²) in [4.78, 5) is 11.3. The van der Waals surface area contributed by atoms with Gasteiger partial charge in [0.2, 0.25) is 0 Å². The standard InChI is InChI=1S/C9H14O2S2/c1-11-8(10)7-2-3-9(6-7)12-4-5-13-9/h7H,2-6H2,1H3/t7-/m1/s1. The van der Waals surface area contributed by atoms with Gasteiger partial charge in [0.25, 0.3) is 0 Å². The minimum absolute atomic E-state index is 0.00928. The Kier molecular flexibility index (Phi) is 2.79. The topological polar surface area (TPSA) is 26.3 Å². The fourth-order valence-corrected chi connectivity index (χ4v) is 5.51. The summed E-state index contributed by atoms with van der Waals surface area (Å²) >= 11 is 4.08. The Hall–Kier alpha value is 0.170. The highest BCUT2D eigenvalue weighted by atomic mass is 32.2. The van der Waals surface area contributed by atoms with Gasteiger partial charge in [0, 0.05) is 11.5 Å². The molecule has 1 saturated carbocycles. The molecule has 74 valence electrons. The van der Waals surface area contributed by atoms with Crippen LogP contribution in [0.2, 0.25) is 0 Å². The number of ether oxygens (including phenoxy) is 1. The molecule has 2 nitrogen and oxygen atoms in total. The molecule has 13 heavy (non-hydrogen) atoms. The van der Waals surface area contributed by atoms with Crippen LogP contribution in [0.3, 0.4) is 0 Å². The maximum Gasteiger partial charge on any atom is 0.308 e. The Labute approximate surface area is 87.2 Å². The summed E-state index contributed by atoms with van der Waals surface area (Å²) in [6.45, 7) is 0. The Morgan fingerprint density at radius 2 is 2.15 bits per heavy atom. The number of methoxy groups -OCH3 is 1. The average molecular weight is 218 g/mol. The van der Waals surface area contributed by atoms with Crippen LogP contribution in [-0.4, -0.2) is 28.7 Å². The zero-order chi connectivity index (χ0) is 9.31. The van der Waals surface area contributed by atoms with E-state index in [2.05, 4.69) is 0 Å². The van der Waals surface area contributed by atoms with Gasteiger partial charge in [-0.3, -0.25) is 4.79 Å². The lowest BCUT2D eigenvalue weighted by atomic mass is 10.1. The van der Waals surface area contributed by atoms with E-state index in [1.807, 2.05) is 23.5 Å². The monoisotopic (exact) mass is 218 g/mol. The molecule has 0 aromatic carbocycles. The van der Waals surface area contributed by atoms with Gasteiger partial charge < -0.3 is 4.74 Å². The molecule has 0 bridgehead atoms. The van der Waals surface area contributed by atoms with Crippen LogP contribution in [0.15, 0.2) is 0 Å². The van der Waals surface area contributed by atoms with Crippen LogP contribution in [0.25, 0.3) is 0 Å². The normalized spacial score (nSPS) is 31.0. The first kappa shape index (κ1) is 9.71. The van der Waals surface area contributed by atoms with Crippen molar-refractivity contribution in [3.8, 4) is 0 Å². The summed E-state index contributed by atoms with van der Waals surface area (Å²) in [7, 11) is 1.49. The largest absolute Gasteiger partial charge is 0.469 e. The number of thioether (sulfide) groups is 2. The lowest BCUT2D eigenvalue weighted by Crippen LogP contribution is -2.17. The Balaban J connectivity index is 1.96. The molecule has 1 atom stereocenters. The van der Waals surface area contributed by atoms with Gasteiger partial charge in [0.1, 0.15) is 0 Å². The molecule has 2 fully saturated rings. The Morgan fingerprint density at radius 1 is 1.46 bits per heavy atom. The van der Waals surface area contributed by atoms with Crippen LogP contribution < -0.4 is 0 Å². The van der Waals surface area contributed by atoms with E-state index in [1.165, 1.54) is 25.0 Å². The number of hydrogen-bond acceptors (Lipinski definition) is 4. The van der Waals surface area contributed by atoms with Gasteiger partial charge in [-0.2, -0.15) is 0 Å². The second kappa shape index (κ2) is 3.73. The van der Waals surface area contributed by atoms with E-state index in [9.17, 15) is 4.79 Å². The average Bonchev–Trinajstić information content (AvgIpc) is 2.76. The fraction of sp³-hybridized carbons (Fsp3) is 0.889. The zero-order valence-electron chi connectivity index (χ0n) is 7.75. The molecule has 0 amide bonds. The molecule has 2 rings (SSSR count). The Bertz CT molecular complexity index is 212. The van der Waals surface area contributed by atoms with Crippen LogP contribution in [0.5, 0.6) is 0 Å². The molecule has 1 aliphatic carbocycles. The maximum atomic E-state index is 11.3. The third-order valence-corrected chi connectivity index (χ3v) is 6.35. The van der Waals surface area contributed by atoms with Crippen molar-refractivity contribution in [1.82, 2.24) is 0 Å². The molecule has 0 aromatic rings. The number of carbonyl (C=O) groups excluding carboxylic acids is 1. The SMILES string of the molecule is COC(=O)[C@@H]1CCC2(C1)SCCS2. The van der Waals surface area contributed by atoms with Crippen molar-refractivity contribution in [3.63, 3.8) is 0 Å². The van der Waals surface area contributed by atoms with E-state index in [-0.39, 0.29) is 11.9 Å². The van der Waals surface area contributed by atoms with Gasteiger partial charge in [0.15, 0.2) is 0 Å². The van der Waals surface area contributed by atoms with Crippen molar-refractivity contribution < 1.29 is 9.53 Å². The third kappa shape index (κ3) is 1.84. The van der Waals surface area contributed by atoms with Crippen molar-refractivity contribution in [2.45, 2.75) is 23.3 Å². The lowest BCUT2D eigenvalue weighted by Gasteiger charge is -2.20. The first-order valence-corrected chi connectivity index (χ1v) is 6.59. The molecule has 0 unspecified atom stereocenters.